The molecule has 1 aliphatic carbocycles. The maximum Gasteiger partial charge on any atom is 0.0685 e. The van der Waals surface area contributed by atoms with Crippen molar-refractivity contribution in [1.82, 2.24) is 5.32 Å². The number of hydrogen-bond donors (Lipinski definition) is 1. The van der Waals surface area contributed by atoms with E-state index in [-0.39, 0.29) is 0 Å². The predicted octanol–water partition coefficient (Wildman–Crippen LogP) is 3.50. The van der Waals surface area contributed by atoms with Crippen LogP contribution in [0.15, 0.2) is 0 Å². The van der Waals surface area contributed by atoms with Gasteiger partial charge in [0.15, 0.2) is 0 Å². The third kappa shape index (κ3) is 3.45. The lowest BCUT2D eigenvalue weighted by Gasteiger charge is -2.47. The van der Waals surface area contributed by atoms with Crippen LogP contribution in [0.2, 0.25) is 0 Å². The van der Waals surface area contributed by atoms with Crippen molar-refractivity contribution >= 4 is 0 Å². The fraction of sp³-hybridized carbons (Fsp3) is 1.00. The van der Waals surface area contributed by atoms with E-state index in [9.17, 15) is 0 Å². The first kappa shape index (κ1) is 13.4. The number of rotatable bonds is 6. The van der Waals surface area contributed by atoms with Crippen molar-refractivity contribution in [2.75, 3.05) is 13.2 Å². The van der Waals surface area contributed by atoms with Gasteiger partial charge in [-0.15, -0.1) is 0 Å². The smallest absolute Gasteiger partial charge is 0.0685 e. The average molecular weight is 239 g/mol. The van der Waals surface area contributed by atoms with Crippen LogP contribution in [-0.4, -0.2) is 24.8 Å². The number of ether oxygens (including phenoxy) is 1. The Bertz CT molecular complexity index is 225. The van der Waals surface area contributed by atoms with E-state index in [1.54, 1.807) is 0 Å². The molecule has 0 bridgehead atoms. The van der Waals surface area contributed by atoms with E-state index >= 15 is 0 Å². The molecule has 100 valence electrons. The molecule has 1 spiro atoms. The van der Waals surface area contributed by atoms with Gasteiger partial charge in [-0.25, -0.2) is 0 Å². The molecule has 2 nitrogen and oxygen atoms in total. The first-order valence-electron chi connectivity index (χ1n) is 7.65. The van der Waals surface area contributed by atoms with Crippen molar-refractivity contribution in [3.05, 3.63) is 0 Å². The molecule has 0 aromatic heterocycles. The lowest BCUT2D eigenvalue weighted by atomic mass is 9.71. The fourth-order valence-corrected chi connectivity index (χ4v) is 3.47. The van der Waals surface area contributed by atoms with E-state index in [4.69, 9.17) is 4.74 Å². The van der Waals surface area contributed by atoms with Crippen LogP contribution >= 0.6 is 0 Å². The minimum Gasteiger partial charge on any atom is -0.375 e. The summed E-state index contributed by atoms with van der Waals surface area (Å²) in [5.41, 5.74) is 0.336. The normalized spacial score (nSPS) is 28.9. The van der Waals surface area contributed by atoms with Gasteiger partial charge in [-0.05, 0) is 63.8 Å². The van der Waals surface area contributed by atoms with Crippen molar-refractivity contribution in [3.63, 3.8) is 0 Å². The van der Waals surface area contributed by atoms with Gasteiger partial charge in [-0.2, -0.15) is 0 Å². The lowest BCUT2D eigenvalue weighted by Crippen LogP contribution is -2.45. The highest BCUT2D eigenvalue weighted by atomic mass is 16.5. The van der Waals surface area contributed by atoms with E-state index in [0.29, 0.717) is 5.60 Å². The Morgan fingerprint density at radius 1 is 1.35 bits per heavy atom. The van der Waals surface area contributed by atoms with Crippen LogP contribution in [-0.2, 0) is 4.74 Å². The summed E-state index contributed by atoms with van der Waals surface area (Å²) in [7, 11) is 0. The van der Waals surface area contributed by atoms with Gasteiger partial charge >= 0.3 is 0 Å². The molecule has 1 aliphatic heterocycles. The predicted molar refractivity (Wildman–Crippen MR) is 72.2 cm³/mol. The molecule has 0 aromatic rings. The SMILES string of the molecule is CCNC(CC)CCC1CCOC2(CCC2)C1. The van der Waals surface area contributed by atoms with Gasteiger partial charge < -0.3 is 10.1 Å². The summed E-state index contributed by atoms with van der Waals surface area (Å²) >= 11 is 0. The zero-order valence-electron chi connectivity index (χ0n) is 11.6. The summed E-state index contributed by atoms with van der Waals surface area (Å²) in [6, 6.07) is 0.736. The zero-order valence-corrected chi connectivity index (χ0v) is 11.6. The van der Waals surface area contributed by atoms with Gasteiger partial charge in [0.2, 0.25) is 0 Å². The van der Waals surface area contributed by atoms with Crippen LogP contribution in [0.4, 0.5) is 0 Å². The highest BCUT2D eigenvalue weighted by molar-refractivity contribution is 4.94. The van der Waals surface area contributed by atoms with Crippen molar-refractivity contribution in [1.29, 1.82) is 0 Å². The second-order valence-corrected chi connectivity index (χ2v) is 5.98. The van der Waals surface area contributed by atoms with E-state index in [1.165, 1.54) is 51.4 Å². The van der Waals surface area contributed by atoms with Crippen molar-refractivity contribution in [2.24, 2.45) is 5.92 Å². The third-order valence-electron chi connectivity index (χ3n) is 4.77. The van der Waals surface area contributed by atoms with Crippen LogP contribution in [0.3, 0.4) is 0 Å². The minimum absolute atomic E-state index is 0.336. The molecule has 0 radical (unpaired) electrons. The van der Waals surface area contributed by atoms with E-state index in [2.05, 4.69) is 19.2 Å². The monoisotopic (exact) mass is 239 g/mol. The molecule has 0 amide bonds. The molecule has 2 aliphatic rings. The van der Waals surface area contributed by atoms with Gasteiger partial charge in [0.05, 0.1) is 5.60 Å². The van der Waals surface area contributed by atoms with Gasteiger partial charge in [0, 0.05) is 12.6 Å². The Hall–Kier alpha value is -0.0800. The molecule has 2 rings (SSSR count). The van der Waals surface area contributed by atoms with Crippen LogP contribution in [0.25, 0.3) is 0 Å². The third-order valence-corrected chi connectivity index (χ3v) is 4.77. The van der Waals surface area contributed by atoms with Crippen molar-refractivity contribution in [3.8, 4) is 0 Å². The first-order valence-corrected chi connectivity index (χ1v) is 7.65. The Kier molecular flexibility index (Phi) is 4.87. The summed E-state index contributed by atoms with van der Waals surface area (Å²) in [5, 5.41) is 3.59. The Labute approximate surface area is 107 Å². The van der Waals surface area contributed by atoms with Crippen molar-refractivity contribution in [2.45, 2.75) is 76.9 Å². The molecular weight excluding hydrogens is 210 g/mol. The van der Waals surface area contributed by atoms with E-state index in [1.807, 2.05) is 0 Å². The molecule has 0 aromatic carbocycles. The van der Waals surface area contributed by atoms with Crippen LogP contribution < -0.4 is 5.32 Å². The zero-order chi connectivity index (χ0) is 12.1. The maximum absolute atomic E-state index is 6.00. The van der Waals surface area contributed by atoms with Crippen LogP contribution in [0.5, 0.6) is 0 Å². The Morgan fingerprint density at radius 2 is 2.18 bits per heavy atom. The largest absolute Gasteiger partial charge is 0.375 e. The molecular formula is C15H29NO. The minimum atomic E-state index is 0.336. The summed E-state index contributed by atoms with van der Waals surface area (Å²) in [4.78, 5) is 0. The van der Waals surface area contributed by atoms with Gasteiger partial charge in [0.1, 0.15) is 0 Å². The second-order valence-electron chi connectivity index (χ2n) is 5.98. The van der Waals surface area contributed by atoms with E-state index < -0.39 is 0 Å². The molecule has 2 fully saturated rings. The second kappa shape index (κ2) is 6.19. The molecule has 2 unspecified atom stereocenters. The summed E-state index contributed by atoms with van der Waals surface area (Å²) in [6.07, 6.45) is 10.7. The Balaban J connectivity index is 1.71. The van der Waals surface area contributed by atoms with Crippen LogP contribution in [0.1, 0.15) is 65.2 Å². The fourth-order valence-electron chi connectivity index (χ4n) is 3.47. The molecule has 1 heterocycles. The average Bonchev–Trinajstić information content (AvgIpc) is 2.33. The lowest BCUT2D eigenvalue weighted by molar-refractivity contribution is -0.144. The highest BCUT2D eigenvalue weighted by Crippen LogP contribution is 2.45. The number of hydrogen-bond acceptors (Lipinski definition) is 2. The standard InChI is InChI=1S/C15H29NO/c1-3-14(16-4-2)7-6-13-8-11-17-15(12-13)9-5-10-15/h13-14,16H,3-12H2,1-2H3. The maximum atomic E-state index is 6.00. The van der Waals surface area contributed by atoms with Crippen LogP contribution in [0, 0.1) is 5.92 Å². The first-order chi connectivity index (χ1) is 8.28. The summed E-state index contributed by atoms with van der Waals surface area (Å²) < 4.78 is 6.00. The summed E-state index contributed by atoms with van der Waals surface area (Å²) in [5.74, 6) is 0.928. The van der Waals surface area contributed by atoms with E-state index in [0.717, 1.165) is 25.1 Å². The van der Waals surface area contributed by atoms with Gasteiger partial charge in [0.25, 0.3) is 0 Å². The molecule has 1 N–H and O–H groups in total. The van der Waals surface area contributed by atoms with Crippen molar-refractivity contribution < 1.29 is 4.74 Å². The molecule has 1 saturated carbocycles. The molecule has 1 saturated heterocycles. The number of nitrogens with one attached hydrogen (secondary N) is 1. The van der Waals surface area contributed by atoms with Gasteiger partial charge in [-0.3, -0.25) is 0 Å². The topological polar surface area (TPSA) is 21.3 Å². The Morgan fingerprint density at radius 3 is 2.76 bits per heavy atom. The molecule has 2 atom stereocenters. The molecule has 2 heteroatoms. The van der Waals surface area contributed by atoms with Gasteiger partial charge in [-0.1, -0.05) is 13.8 Å². The highest BCUT2D eigenvalue weighted by Gasteiger charge is 2.42. The summed E-state index contributed by atoms with van der Waals surface area (Å²) in [6.45, 7) is 6.63. The quantitative estimate of drug-likeness (QED) is 0.766. The molecule has 17 heavy (non-hydrogen) atoms.